The maximum Gasteiger partial charge on any atom is 0.326 e. The van der Waals surface area contributed by atoms with Gasteiger partial charge in [0.05, 0.1) is 13.0 Å². The normalized spacial score (nSPS) is 18.4. The first-order chi connectivity index (χ1) is 13.1. The number of hydrogen-bond acceptors (Lipinski definition) is 6. The summed E-state index contributed by atoms with van der Waals surface area (Å²) >= 11 is 0. The Labute approximate surface area is 163 Å². The molecule has 11 nitrogen and oxygen atoms in total. The molecule has 1 rings (SSSR count). The van der Waals surface area contributed by atoms with Crippen LogP contribution < -0.4 is 22.1 Å². The van der Waals surface area contributed by atoms with Crippen LogP contribution in [0.1, 0.15) is 39.5 Å². The van der Waals surface area contributed by atoms with Crippen LogP contribution in [0.5, 0.6) is 0 Å². The van der Waals surface area contributed by atoms with E-state index < -0.39 is 54.1 Å². The van der Waals surface area contributed by atoms with E-state index in [0.29, 0.717) is 12.8 Å². The van der Waals surface area contributed by atoms with E-state index in [4.69, 9.17) is 11.5 Å². The number of carbonyl (C=O) groups excluding carboxylic acids is 4. The Balaban J connectivity index is 2.97. The van der Waals surface area contributed by atoms with Gasteiger partial charge in [0, 0.05) is 6.54 Å². The predicted octanol–water partition coefficient (Wildman–Crippen LogP) is -2.09. The number of amides is 4. The fourth-order valence-electron chi connectivity index (χ4n) is 3.12. The molecule has 0 aromatic rings. The maximum absolute atomic E-state index is 12.8. The van der Waals surface area contributed by atoms with Crippen LogP contribution in [-0.4, -0.2) is 70.8 Å². The monoisotopic (exact) mass is 399 g/mol. The van der Waals surface area contributed by atoms with Crippen molar-refractivity contribution in [3.05, 3.63) is 0 Å². The molecule has 0 spiro atoms. The highest BCUT2D eigenvalue weighted by atomic mass is 16.4. The lowest BCUT2D eigenvalue weighted by Crippen LogP contribution is -2.57. The van der Waals surface area contributed by atoms with Gasteiger partial charge in [0.15, 0.2) is 0 Å². The molecular formula is C17H29N5O6. The molecule has 11 heteroatoms. The number of carbonyl (C=O) groups is 5. The van der Waals surface area contributed by atoms with Gasteiger partial charge < -0.3 is 32.1 Å². The van der Waals surface area contributed by atoms with Crippen molar-refractivity contribution in [3.8, 4) is 0 Å². The van der Waals surface area contributed by atoms with Crippen molar-refractivity contribution in [2.24, 2.45) is 17.4 Å². The number of hydrogen-bond donors (Lipinski definition) is 5. The van der Waals surface area contributed by atoms with Crippen LogP contribution in [0, 0.1) is 5.92 Å². The number of carboxylic acid groups (broad SMARTS) is 1. The van der Waals surface area contributed by atoms with E-state index in [0.717, 1.165) is 4.90 Å². The maximum atomic E-state index is 12.8. The van der Waals surface area contributed by atoms with Crippen molar-refractivity contribution in [3.63, 3.8) is 0 Å². The van der Waals surface area contributed by atoms with E-state index in [9.17, 15) is 29.1 Å². The number of carboxylic acids is 1. The highest BCUT2D eigenvalue weighted by Crippen LogP contribution is 2.19. The van der Waals surface area contributed by atoms with Gasteiger partial charge in [0.2, 0.25) is 23.6 Å². The molecule has 3 unspecified atom stereocenters. The molecule has 1 fully saturated rings. The Bertz CT molecular complexity index is 623. The van der Waals surface area contributed by atoms with Crippen molar-refractivity contribution in [2.45, 2.75) is 57.7 Å². The summed E-state index contributed by atoms with van der Waals surface area (Å²) in [5.41, 5.74) is 10.5. The quantitative estimate of drug-likeness (QED) is 0.279. The van der Waals surface area contributed by atoms with Crippen LogP contribution in [0.25, 0.3) is 0 Å². The van der Waals surface area contributed by atoms with E-state index in [1.165, 1.54) is 0 Å². The zero-order valence-electron chi connectivity index (χ0n) is 16.1. The number of likely N-dealkylation sites (tertiary alicyclic amines) is 1. The number of nitrogens with two attached hydrogens (primary N) is 2. The zero-order chi connectivity index (χ0) is 21.4. The predicted molar refractivity (Wildman–Crippen MR) is 98.6 cm³/mol. The Kier molecular flexibility index (Phi) is 8.83. The molecule has 1 aliphatic rings. The van der Waals surface area contributed by atoms with Crippen LogP contribution in [-0.2, 0) is 24.0 Å². The van der Waals surface area contributed by atoms with E-state index in [1.54, 1.807) is 0 Å². The smallest absolute Gasteiger partial charge is 0.326 e. The number of nitrogens with zero attached hydrogens (tertiary/aromatic N) is 1. The molecule has 4 amide bonds. The molecule has 0 aromatic carbocycles. The SMILES string of the molecule is CC(C)CC(NC(=O)CN)C(=O)NC(CC(N)=O)C(=O)N1CCCC1C(=O)O. The van der Waals surface area contributed by atoms with E-state index in [1.807, 2.05) is 13.8 Å². The molecule has 1 saturated heterocycles. The zero-order valence-corrected chi connectivity index (χ0v) is 16.1. The number of rotatable bonds is 10. The number of primary amides is 1. The molecule has 7 N–H and O–H groups in total. The first kappa shape index (κ1) is 23.3. The summed E-state index contributed by atoms with van der Waals surface area (Å²) in [5, 5.41) is 14.2. The summed E-state index contributed by atoms with van der Waals surface area (Å²) in [7, 11) is 0. The van der Waals surface area contributed by atoms with E-state index >= 15 is 0 Å². The Morgan fingerprint density at radius 1 is 1.14 bits per heavy atom. The van der Waals surface area contributed by atoms with Gasteiger partial charge >= 0.3 is 5.97 Å². The molecule has 0 aliphatic carbocycles. The number of nitrogens with one attached hydrogen (secondary N) is 2. The van der Waals surface area contributed by atoms with Crippen molar-refractivity contribution >= 4 is 29.6 Å². The summed E-state index contributed by atoms with van der Waals surface area (Å²) < 4.78 is 0. The van der Waals surface area contributed by atoms with Crippen molar-refractivity contribution in [1.29, 1.82) is 0 Å². The van der Waals surface area contributed by atoms with Gasteiger partial charge in [-0.25, -0.2) is 4.79 Å². The molecule has 3 atom stereocenters. The lowest BCUT2D eigenvalue weighted by Gasteiger charge is -2.28. The van der Waals surface area contributed by atoms with Gasteiger partial charge in [0.1, 0.15) is 18.1 Å². The molecule has 158 valence electrons. The van der Waals surface area contributed by atoms with Crippen LogP contribution in [0.4, 0.5) is 0 Å². The highest BCUT2D eigenvalue weighted by molar-refractivity contribution is 5.96. The minimum absolute atomic E-state index is 0.0501. The lowest BCUT2D eigenvalue weighted by atomic mass is 10.0. The molecular weight excluding hydrogens is 370 g/mol. The van der Waals surface area contributed by atoms with Gasteiger partial charge in [-0.15, -0.1) is 0 Å². The topological polar surface area (TPSA) is 185 Å². The third-order valence-corrected chi connectivity index (χ3v) is 4.39. The first-order valence-corrected chi connectivity index (χ1v) is 9.18. The molecule has 28 heavy (non-hydrogen) atoms. The summed E-state index contributed by atoms with van der Waals surface area (Å²) in [5.74, 6) is -3.82. The van der Waals surface area contributed by atoms with Crippen LogP contribution in [0.3, 0.4) is 0 Å². The van der Waals surface area contributed by atoms with Gasteiger partial charge in [-0.3, -0.25) is 19.2 Å². The minimum atomic E-state index is -1.31. The van der Waals surface area contributed by atoms with E-state index in [-0.39, 0.29) is 25.4 Å². The Morgan fingerprint density at radius 2 is 1.79 bits per heavy atom. The molecule has 1 heterocycles. The van der Waals surface area contributed by atoms with E-state index in [2.05, 4.69) is 10.6 Å². The van der Waals surface area contributed by atoms with Crippen LogP contribution in [0.2, 0.25) is 0 Å². The third kappa shape index (κ3) is 6.80. The largest absolute Gasteiger partial charge is 0.480 e. The molecule has 0 aromatic heterocycles. The summed E-state index contributed by atoms with van der Waals surface area (Å²) in [4.78, 5) is 60.9. The Hall–Kier alpha value is -2.69. The third-order valence-electron chi connectivity index (χ3n) is 4.39. The molecule has 0 radical (unpaired) electrons. The van der Waals surface area contributed by atoms with Gasteiger partial charge in [-0.05, 0) is 25.2 Å². The lowest BCUT2D eigenvalue weighted by molar-refractivity contribution is -0.149. The summed E-state index contributed by atoms with van der Waals surface area (Å²) in [6.07, 6.45) is 0.604. The fraction of sp³-hybridized carbons (Fsp3) is 0.706. The Morgan fingerprint density at radius 3 is 2.29 bits per heavy atom. The molecule has 1 aliphatic heterocycles. The highest BCUT2D eigenvalue weighted by Gasteiger charge is 2.38. The summed E-state index contributed by atoms with van der Waals surface area (Å²) in [6, 6.07) is -3.27. The first-order valence-electron chi connectivity index (χ1n) is 9.18. The fourth-order valence-corrected chi connectivity index (χ4v) is 3.12. The average molecular weight is 399 g/mol. The number of aliphatic carboxylic acids is 1. The average Bonchev–Trinajstić information content (AvgIpc) is 3.08. The van der Waals surface area contributed by atoms with Gasteiger partial charge in [0.25, 0.3) is 0 Å². The second kappa shape index (κ2) is 10.6. The summed E-state index contributed by atoms with van der Waals surface area (Å²) in [6.45, 7) is 3.60. The minimum Gasteiger partial charge on any atom is -0.480 e. The molecule has 0 bridgehead atoms. The van der Waals surface area contributed by atoms with Gasteiger partial charge in [-0.2, -0.15) is 0 Å². The second-order valence-electron chi connectivity index (χ2n) is 7.21. The van der Waals surface area contributed by atoms with Crippen molar-refractivity contribution in [2.75, 3.05) is 13.1 Å². The molecule has 0 saturated carbocycles. The van der Waals surface area contributed by atoms with Crippen LogP contribution >= 0.6 is 0 Å². The van der Waals surface area contributed by atoms with Crippen molar-refractivity contribution < 1.29 is 29.1 Å². The van der Waals surface area contributed by atoms with Gasteiger partial charge in [-0.1, -0.05) is 13.8 Å². The second-order valence-corrected chi connectivity index (χ2v) is 7.21. The van der Waals surface area contributed by atoms with Crippen LogP contribution in [0.15, 0.2) is 0 Å². The standard InChI is InChI=1S/C17H29N5O6/c1-9(2)6-10(20-14(24)8-18)15(25)21-11(7-13(19)23)16(26)22-5-3-4-12(22)17(27)28/h9-12H,3-8,18H2,1-2H3,(H2,19,23)(H,20,24)(H,21,25)(H,27,28). The van der Waals surface area contributed by atoms with Crippen molar-refractivity contribution in [1.82, 2.24) is 15.5 Å².